The van der Waals surface area contributed by atoms with Crippen molar-refractivity contribution in [2.45, 2.75) is 102 Å². The zero-order valence-corrected chi connectivity index (χ0v) is 31.9. The van der Waals surface area contributed by atoms with Gasteiger partial charge in [-0.15, -0.1) is 6.58 Å². The highest BCUT2D eigenvalue weighted by Crippen LogP contribution is 2.45. The molecule has 2 unspecified atom stereocenters. The first kappa shape index (κ1) is 39.8. The Morgan fingerprint density at radius 1 is 1.11 bits per heavy atom. The van der Waals surface area contributed by atoms with Crippen LogP contribution in [0.1, 0.15) is 72.8 Å². The molecule has 2 saturated carbocycles. The van der Waals surface area contributed by atoms with Gasteiger partial charge in [-0.25, -0.2) is 22.7 Å². The van der Waals surface area contributed by atoms with Crippen molar-refractivity contribution in [3.8, 4) is 11.8 Å². The Kier molecular flexibility index (Phi) is 10.9. The summed E-state index contributed by atoms with van der Waals surface area (Å²) < 4.78 is 40.1. The Balaban J connectivity index is 1.41. The second-order valence-electron chi connectivity index (χ2n) is 15.8. The topological polar surface area (TPSA) is 231 Å². The molecule has 3 aliphatic rings. The van der Waals surface area contributed by atoms with Crippen LogP contribution in [-0.2, 0) is 33.9 Å². The van der Waals surface area contributed by atoms with Crippen LogP contribution in [0.25, 0.3) is 5.69 Å². The van der Waals surface area contributed by atoms with Gasteiger partial charge in [-0.05, 0) is 69.7 Å². The summed E-state index contributed by atoms with van der Waals surface area (Å²) in [6, 6.07) is 5.74. The number of anilines is 1. The van der Waals surface area contributed by atoms with Gasteiger partial charge in [0.05, 0.1) is 34.8 Å². The normalized spacial score (nSPS) is 22.9. The molecule has 1 aliphatic heterocycles. The lowest BCUT2D eigenvalue weighted by Gasteiger charge is -2.36. The Labute approximate surface area is 313 Å². The number of likely N-dealkylation sites (tertiary alicyclic amines) is 1. The lowest BCUT2D eigenvalue weighted by Crippen LogP contribution is -2.60. The number of rotatable bonds is 11. The summed E-state index contributed by atoms with van der Waals surface area (Å²) in [5.41, 5.74) is -2.53. The molecule has 0 spiro atoms. The standard InChI is InChI=1S/C36H46N8O9S/c1-8-22-18-36(22,31(47)42-54(50,51)24-11-12-24)41-29(45)27-17-23(20-43(27)30(46)28(34(2,3)4)40-33(49)53-35(5,6)7)52-32(48)39-25-16-21(19-37)10-13-26(25)44-15-9-14-38-44/h8-10,13-16,22-24,27-28H,1,11-12,17-18,20H2,2-7H3,(H,39,48)(H,40,49)(H,41,45)(H,42,47)/t22?,23-,27+,28-,36?/m1/s1. The van der Waals surface area contributed by atoms with Gasteiger partial charge in [-0.2, -0.15) is 10.4 Å². The number of alkyl carbamates (subject to hydrolysis) is 1. The molecule has 4 N–H and O–H groups in total. The molecular formula is C36H46N8O9S. The van der Waals surface area contributed by atoms with E-state index in [1.807, 2.05) is 6.07 Å². The molecular weight excluding hydrogens is 721 g/mol. The van der Waals surface area contributed by atoms with E-state index in [0.29, 0.717) is 18.5 Å². The van der Waals surface area contributed by atoms with Gasteiger partial charge in [0.15, 0.2) is 0 Å². The summed E-state index contributed by atoms with van der Waals surface area (Å²) in [5, 5.41) is 20.9. The highest BCUT2D eigenvalue weighted by Gasteiger charge is 2.62. The third kappa shape index (κ3) is 9.01. The number of hydrogen-bond acceptors (Lipinski definition) is 11. The second kappa shape index (κ2) is 14.8. The first-order valence-electron chi connectivity index (χ1n) is 17.5. The van der Waals surface area contributed by atoms with Crippen LogP contribution in [0.3, 0.4) is 0 Å². The van der Waals surface area contributed by atoms with Crippen molar-refractivity contribution >= 4 is 45.6 Å². The first-order valence-corrected chi connectivity index (χ1v) is 19.0. The van der Waals surface area contributed by atoms with Crippen molar-refractivity contribution in [1.82, 2.24) is 30.0 Å². The van der Waals surface area contributed by atoms with Crippen LogP contribution in [0, 0.1) is 22.7 Å². The molecule has 2 aliphatic carbocycles. The molecule has 0 radical (unpaired) electrons. The number of benzene rings is 1. The van der Waals surface area contributed by atoms with Crippen molar-refractivity contribution in [3.05, 3.63) is 54.9 Å². The van der Waals surface area contributed by atoms with E-state index in [4.69, 9.17) is 9.47 Å². The van der Waals surface area contributed by atoms with Crippen molar-refractivity contribution < 1.29 is 41.9 Å². The average Bonchev–Trinajstić information content (AvgIpc) is 3.94. The smallest absolute Gasteiger partial charge is 0.412 e. The molecule has 5 rings (SSSR count). The van der Waals surface area contributed by atoms with E-state index in [0.717, 1.165) is 0 Å². The summed E-state index contributed by atoms with van der Waals surface area (Å²) in [6.45, 7) is 13.6. The molecule has 1 aromatic heterocycles. The maximum atomic E-state index is 14.4. The number of amides is 5. The summed E-state index contributed by atoms with van der Waals surface area (Å²) >= 11 is 0. The van der Waals surface area contributed by atoms with Crippen LogP contribution in [-0.4, -0.2) is 94.1 Å². The quantitative estimate of drug-likeness (QED) is 0.243. The summed E-state index contributed by atoms with van der Waals surface area (Å²) in [5.74, 6) is -3.00. The number of nitrogens with zero attached hydrogens (tertiary/aromatic N) is 4. The Hall–Kier alpha value is -5.44. The first-order chi connectivity index (χ1) is 25.2. The van der Waals surface area contributed by atoms with Crippen molar-refractivity contribution in [2.24, 2.45) is 11.3 Å². The Morgan fingerprint density at radius 2 is 1.81 bits per heavy atom. The van der Waals surface area contributed by atoms with Gasteiger partial charge in [0.1, 0.15) is 29.3 Å². The predicted molar refractivity (Wildman–Crippen MR) is 194 cm³/mol. The van der Waals surface area contributed by atoms with Crippen LogP contribution < -0.4 is 20.7 Å². The summed E-state index contributed by atoms with van der Waals surface area (Å²) in [7, 11) is -3.95. The molecule has 3 fully saturated rings. The molecule has 290 valence electrons. The van der Waals surface area contributed by atoms with E-state index in [9.17, 15) is 37.7 Å². The van der Waals surface area contributed by atoms with Gasteiger partial charge in [0.25, 0.3) is 5.91 Å². The van der Waals surface area contributed by atoms with Gasteiger partial charge in [0, 0.05) is 24.7 Å². The highest BCUT2D eigenvalue weighted by molar-refractivity contribution is 7.91. The molecule has 5 atom stereocenters. The fourth-order valence-electron chi connectivity index (χ4n) is 6.24. The van der Waals surface area contributed by atoms with E-state index in [-0.39, 0.29) is 30.6 Å². The number of nitriles is 1. The highest BCUT2D eigenvalue weighted by atomic mass is 32.2. The number of sulfonamides is 1. The molecule has 1 saturated heterocycles. The third-order valence-corrected chi connectivity index (χ3v) is 11.1. The van der Waals surface area contributed by atoms with Gasteiger partial charge in [-0.1, -0.05) is 26.8 Å². The molecule has 1 aromatic carbocycles. The Bertz CT molecular complexity index is 1980. The predicted octanol–water partition coefficient (Wildman–Crippen LogP) is 2.87. The average molecular weight is 767 g/mol. The van der Waals surface area contributed by atoms with Gasteiger partial charge < -0.3 is 25.0 Å². The minimum atomic E-state index is -3.95. The number of carbonyl (C=O) groups is 5. The molecule has 5 amide bonds. The van der Waals surface area contributed by atoms with Crippen molar-refractivity contribution in [1.29, 1.82) is 5.26 Å². The molecule has 54 heavy (non-hydrogen) atoms. The maximum absolute atomic E-state index is 14.4. The van der Waals surface area contributed by atoms with Crippen LogP contribution >= 0.6 is 0 Å². The largest absolute Gasteiger partial charge is 0.444 e. The van der Waals surface area contributed by atoms with Crippen LogP contribution in [0.5, 0.6) is 0 Å². The minimum Gasteiger partial charge on any atom is -0.444 e. The maximum Gasteiger partial charge on any atom is 0.412 e. The molecule has 17 nitrogen and oxygen atoms in total. The minimum absolute atomic E-state index is 0.0718. The number of nitrogens with one attached hydrogen (secondary N) is 4. The summed E-state index contributed by atoms with van der Waals surface area (Å²) in [6.07, 6.45) is 2.44. The third-order valence-electron chi connectivity index (χ3n) is 9.26. The second-order valence-corrected chi connectivity index (χ2v) is 17.8. The van der Waals surface area contributed by atoms with E-state index < -0.39 is 85.8 Å². The Morgan fingerprint density at radius 3 is 2.37 bits per heavy atom. The molecule has 18 heteroatoms. The number of ether oxygens (including phenoxy) is 2. The van der Waals surface area contributed by atoms with Crippen LogP contribution in [0.2, 0.25) is 0 Å². The molecule has 2 heterocycles. The number of aromatic nitrogens is 2. The van der Waals surface area contributed by atoms with Crippen molar-refractivity contribution in [3.63, 3.8) is 0 Å². The van der Waals surface area contributed by atoms with E-state index >= 15 is 0 Å². The zero-order chi connectivity index (χ0) is 39.8. The van der Waals surface area contributed by atoms with Crippen LogP contribution in [0.4, 0.5) is 15.3 Å². The van der Waals surface area contributed by atoms with Gasteiger partial charge >= 0.3 is 12.2 Å². The van der Waals surface area contributed by atoms with E-state index in [1.54, 1.807) is 65.9 Å². The van der Waals surface area contributed by atoms with Crippen molar-refractivity contribution in [2.75, 3.05) is 11.9 Å². The fraction of sp³-hybridized carbons (Fsp3) is 0.528. The fourth-order valence-corrected chi connectivity index (χ4v) is 7.61. The number of carbonyl (C=O) groups excluding carboxylic acids is 5. The SMILES string of the molecule is C=CC1CC1(NC(=O)[C@@H]1C[C@@H](OC(=O)Nc2cc(C#N)ccc2-n2cccn2)CN1C(=O)[C@@H](NC(=O)OC(C)(C)C)C(C)(C)C)C(=O)NS(=O)(=O)C1CC1. The van der Waals surface area contributed by atoms with Crippen LogP contribution in [0.15, 0.2) is 49.3 Å². The summed E-state index contributed by atoms with van der Waals surface area (Å²) in [4.78, 5) is 69.4. The molecule has 2 aromatic rings. The zero-order valence-electron chi connectivity index (χ0n) is 31.0. The lowest BCUT2D eigenvalue weighted by molar-refractivity contribution is -0.143. The van der Waals surface area contributed by atoms with E-state index in [1.165, 1.54) is 27.9 Å². The monoisotopic (exact) mass is 766 g/mol. The van der Waals surface area contributed by atoms with Gasteiger partial charge in [0.2, 0.25) is 21.8 Å². The van der Waals surface area contributed by atoms with E-state index in [2.05, 4.69) is 32.4 Å². The molecule has 0 bridgehead atoms. The lowest BCUT2D eigenvalue weighted by atomic mass is 9.85. The number of hydrogen-bond donors (Lipinski definition) is 4. The van der Waals surface area contributed by atoms with Gasteiger partial charge in [-0.3, -0.25) is 24.4 Å².